The molecule has 0 spiro atoms. The number of hydrogen-bond acceptors (Lipinski definition) is 5. The second-order valence-corrected chi connectivity index (χ2v) is 5.94. The second-order valence-electron chi connectivity index (χ2n) is 3.71. The maximum Gasteiger partial charge on any atom is 0.152 e. The van der Waals surface area contributed by atoms with Gasteiger partial charge in [-0.1, -0.05) is 0 Å². The molecule has 1 aromatic heterocycles. The number of sulfone groups is 1. The molecule has 0 radical (unpaired) electrons. The van der Waals surface area contributed by atoms with Crippen molar-refractivity contribution >= 4 is 21.3 Å². The van der Waals surface area contributed by atoms with E-state index in [0.717, 1.165) is 5.69 Å². The first-order valence-electron chi connectivity index (χ1n) is 4.74. The van der Waals surface area contributed by atoms with Gasteiger partial charge in [0.15, 0.2) is 9.84 Å². The van der Waals surface area contributed by atoms with Crippen molar-refractivity contribution in [2.75, 3.05) is 22.6 Å². The first-order valence-corrected chi connectivity index (χ1v) is 6.56. The lowest BCUT2D eigenvalue weighted by Gasteiger charge is -2.11. The summed E-state index contributed by atoms with van der Waals surface area (Å²) in [6.07, 6.45) is 2.26. The van der Waals surface area contributed by atoms with Crippen LogP contribution in [0, 0.1) is 0 Å². The summed E-state index contributed by atoms with van der Waals surface area (Å²) in [6, 6.07) is 3.48. The van der Waals surface area contributed by atoms with Gasteiger partial charge in [-0.05, 0) is 12.5 Å². The minimum atomic E-state index is -2.84. The lowest BCUT2D eigenvalue weighted by Crippen LogP contribution is -2.20. The molecule has 5 nitrogen and oxygen atoms in total. The van der Waals surface area contributed by atoms with Gasteiger partial charge in [-0.25, -0.2) is 13.4 Å². The Bertz CT molecular complexity index is 458. The van der Waals surface area contributed by atoms with Gasteiger partial charge in [0, 0.05) is 24.0 Å². The molecule has 0 saturated carbocycles. The summed E-state index contributed by atoms with van der Waals surface area (Å²) in [7, 11) is -2.84. The van der Waals surface area contributed by atoms with Gasteiger partial charge in [0.25, 0.3) is 0 Å². The third-order valence-corrected chi connectivity index (χ3v) is 4.15. The van der Waals surface area contributed by atoms with E-state index in [9.17, 15) is 8.42 Å². The van der Waals surface area contributed by atoms with Crippen LogP contribution in [0.4, 0.5) is 11.5 Å². The molecule has 1 unspecified atom stereocenters. The van der Waals surface area contributed by atoms with Crippen molar-refractivity contribution in [1.82, 2.24) is 4.98 Å². The number of nitrogen functional groups attached to an aromatic ring is 1. The molecule has 1 aromatic rings. The van der Waals surface area contributed by atoms with Gasteiger partial charge in [0.2, 0.25) is 0 Å². The molecule has 0 aromatic carbocycles. The Balaban J connectivity index is 2.05. The number of pyridine rings is 1. The fraction of sp³-hybridized carbons (Fsp3) is 0.444. The highest BCUT2D eigenvalue weighted by Gasteiger charge is 2.27. The van der Waals surface area contributed by atoms with E-state index >= 15 is 0 Å². The van der Waals surface area contributed by atoms with Gasteiger partial charge in [-0.2, -0.15) is 0 Å². The van der Waals surface area contributed by atoms with E-state index in [0.29, 0.717) is 12.2 Å². The first-order chi connectivity index (χ1) is 7.05. The predicted molar refractivity (Wildman–Crippen MR) is 59.3 cm³/mol. The predicted octanol–water partition coefficient (Wildman–Crippen LogP) is 0.263. The smallest absolute Gasteiger partial charge is 0.152 e. The van der Waals surface area contributed by atoms with Crippen LogP contribution in [0.3, 0.4) is 0 Å². The molecule has 2 rings (SSSR count). The van der Waals surface area contributed by atoms with E-state index in [-0.39, 0.29) is 17.5 Å². The van der Waals surface area contributed by atoms with Crippen molar-refractivity contribution in [3.8, 4) is 0 Å². The summed E-state index contributed by atoms with van der Waals surface area (Å²) in [5.74, 6) is 0.904. The minimum Gasteiger partial charge on any atom is -0.384 e. The summed E-state index contributed by atoms with van der Waals surface area (Å²) >= 11 is 0. The lowest BCUT2D eigenvalue weighted by molar-refractivity contribution is 0.602. The number of nitrogens with two attached hydrogens (primary N) is 1. The van der Waals surface area contributed by atoms with Gasteiger partial charge in [0.05, 0.1) is 11.5 Å². The van der Waals surface area contributed by atoms with Gasteiger partial charge in [-0.3, -0.25) is 0 Å². The van der Waals surface area contributed by atoms with Crippen LogP contribution in [0.2, 0.25) is 0 Å². The maximum absolute atomic E-state index is 11.2. The van der Waals surface area contributed by atoms with Gasteiger partial charge in [-0.15, -0.1) is 0 Å². The van der Waals surface area contributed by atoms with Crippen molar-refractivity contribution < 1.29 is 8.42 Å². The summed E-state index contributed by atoms with van der Waals surface area (Å²) < 4.78 is 22.4. The lowest BCUT2D eigenvalue weighted by atomic mass is 10.2. The molecular weight excluding hydrogens is 214 g/mol. The zero-order valence-corrected chi connectivity index (χ0v) is 9.00. The third kappa shape index (κ3) is 2.59. The van der Waals surface area contributed by atoms with Crippen LogP contribution in [-0.4, -0.2) is 30.9 Å². The van der Waals surface area contributed by atoms with Gasteiger partial charge in [0.1, 0.15) is 5.82 Å². The van der Waals surface area contributed by atoms with E-state index in [4.69, 9.17) is 5.73 Å². The Labute approximate surface area is 88.6 Å². The number of anilines is 2. The fourth-order valence-electron chi connectivity index (χ4n) is 1.68. The van der Waals surface area contributed by atoms with Crippen LogP contribution in [0.15, 0.2) is 18.3 Å². The standard InChI is InChI=1S/C9H13N3O2S/c10-9-5-7(1-3-11-9)12-8-2-4-15(13,14)6-8/h1,3,5,8H,2,4,6H2,(H3,10,11,12). The number of nitrogens with one attached hydrogen (secondary N) is 1. The first kappa shape index (κ1) is 10.2. The third-order valence-electron chi connectivity index (χ3n) is 2.38. The molecule has 0 aliphatic carbocycles. The minimum absolute atomic E-state index is 0.00296. The summed E-state index contributed by atoms with van der Waals surface area (Å²) in [4.78, 5) is 3.86. The Morgan fingerprint density at radius 1 is 1.53 bits per heavy atom. The number of nitrogens with zero attached hydrogens (tertiary/aromatic N) is 1. The van der Waals surface area contributed by atoms with E-state index in [1.165, 1.54) is 0 Å². The number of rotatable bonds is 2. The van der Waals surface area contributed by atoms with Crippen LogP contribution >= 0.6 is 0 Å². The van der Waals surface area contributed by atoms with E-state index < -0.39 is 9.84 Å². The SMILES string of the molecule is Nc1cc(NC2CCS(=O)(=O)C2)ccn1. The van der Waals surface area contributed by atoms with Crippen LogP contribution in [0.25, 0.3) is 0 Å². The Kier molecular flexibility index (Phi) is 2.52. The topological polar surface area (TPSA) is 85.1 Å². The van der Waals surface area contributed by atoms with Crippen LogP contribution in [0.1, 0.15) is 6.42 Å². The molecule has 1 atom stereocenters. The zero-order valence-electron chi connectivity index (χ0n) is 8.18. The molecule has 6 heteroatoms. The molecule has 0 amide bonds. The van der Waals surface area contributed by atoms with Crippen molar-refractivity contribution in [3.05, 3.63) is 18.3 Å². The monoisotopic (exact) mass is 227 g/mol. The van der Waals surface area contributed by atoms with Crippen molar-refractivity contribution in [1.29, 1.82) is 0 Å². The average Bonchev–Trinajstić information content (AvgIpc) is 2.45. The average molecular weight is 227 g/mol. The summed E-state index contributed by atoms with van der Waals surface area (Å²) in [5, 5.41) is 3.14. The summed E-state index contributed by atoms with van der Waals surface area (Å²) in [6.45, 7) is 0. The molecule has 1 aliphatic rings. The highest BCUT2D eigenvalue weighted by molar-refractivity contribution is 7.91. The molecule has 3 N–H and O–H groups in total. The molecular formula is C9H13N3O2S. The van der Waals surface area contributed by atoms with Crippen molar-refractivity contribution in [2.45, 2.75) is 12.5 Å². The Hall–Kier alpha value is -1.30. The van der Waals surface area contributed by atoms with Crippen LogP contribution in [-0.2, 0) is 9.84 Å². The fourth-order valence-corrected chi connectivity index (χ4v) is 3.36. The Morgan fingerprint density at radius 2 is 2.33 bits per heavy atom. The molecule has 1 fully saturated rings. The van der Waals surface area contributed by atoms with Crippen molar-refractivity contribution in [2.24, 2.45) is 0 Å². The van der Waals surface area contributed by atoms with E-state index in [2.05, 4.69) is 10.3 Å². The van der Waals surface area contributed by atoms with Crippen LogP contribution in [0.5, 0.6) is 0 Å². The molecule has 0 bridgehead atoms. The van der Waals surface area contributed by atoms with Gasteiger partial charge < -0.3 is 11.1 Å². The van der Waals surface area contributed by atoms with Crippen molar-refractivity contribution in [3.63, 3.8) is 0 Å². The maximum atomic E-state index is 11.2. The largest absolute Gasteiger partial charge is 0.384 e. The summed E-state index contributed by atoms with van der Waals surface area (Å²) in [5.41, 5.74) is 6.34. The molecule has 15 heavy (non-hydrogen) atoms. The quantitative estimate of drug-likeness (QED) is 0.757. The highest BCUT2D eigenvalue weighted by atomic mass is 32.2. The van der Waals surface area contributed by atoms with E-state index in [1.54, 1.807) is 18.3 Å². The Morgan fingerprint density at radius 3 is 2.93 bits per heavy atom. The van der Waals surface area contributed by atoms with E-state index in [1.807, 2.05) is 0 Å². The number of hydrogen-bond donors (Lipinski definition) is 2. The molecule has 1 saturated heterocycles. The number of aromatic nitrogens is 1. The zero-order chi connectivity index (χ0) is 10.9. The highest BCUT2D eigenvalue weighted by Crippen LogP contribution is 2.17. The molecule has 82 valence electrons. The second kappa shape index (κ2) is 3.69. The normalized spacial score (nSPS) is 23.9. The van der Waals surface area contributed by atoms with Crippen LogP contribution < -0.4 is 11.1 Å². The van der Waals surface area contributed by atoms with Gasteiger partial charge >= 0.3 is 0 Å². The molecule has 1 aliphatic heterocycles. The molecule has 2 heterocycles.